The molecule has 0 aromatic carbocycles. The fraction of sp³-hybridized carbons (Fsp3) is 0.615. The molecular weight excluding hydrogens is 242 g/mol. The third-order valence-electron chi connectivity index (χ3n) is 2.59. The first-order valence-corrected chi connectivity index (χ1v) is 6.71. The first kappa shape index (κ1) is 15.2. The van der Waals surface area contributed by atoms with Crippen molar-refractivity contribution < 1.29 is 4.79 Å². The van der Waals surface area contributed by atoms with Crippen molar-refractivity contribution in [2.45, 2.75) is 27.7 Å². The van der Waals surface area contributed by atoms with Gasteiger partial charge in [-0.2, -0.15) is 4.98 Å². The summed E-state index contributed by atoms with van der Waals surface area (Å²) in [7, 11) is 0. The van der Waals surface area contributed by atoms with Crippen LogP contribution in [0, 0.1) is 6.92 Å². The number of anilines is 2. The highest BCUT2D eigenvalue weighted by atomic mass is 16.2. The van der Waals surface area contributed by atoms with E-state index in [0.717, 1.165) is 24.6 Å². The van der Waals surface area contributed by atoms with E-state index in [0.29, 0.717) is 19.0 Å². The van der Waals surface area contributed by atoms with E-state index in [9.17, 15) is 4.79 Å². The summed E-state index contributed by atoms with van der Waals surface area (Å²) in [6.45, 7) is 10.3. The Bertz CT molecular complexity index is 421. The molecule has 0 unspecified atom stereocenters. The van der Waals surface area contributed by atoms with Crippen LogP contribution in [-0.2, 0) is 4.79 Å². The second kappa shape index (κ2) is 7.56. The Balaban J connectivity index is 2.87. The molecule has 106 valence electrons. The maximum atomic E-state index is 11.7. The predicted octanol–water partition coefficient (Wildman–Crippen LogP) is 1.18. The van der Waals surface area contributed by atoms with Crippen molar-refractivity contribution in [1.82, 2.24) is 15.3 Å². The summed E-state index contributed by atoms with van der Waals surface area (Å²) >= 11 is 0. The van der Waals surface area contributed by atoms with Crippen LogP contribution < -0.4 is 15.5 Å². The molecule has 1 aromatic rings. The van der Waals surface area contributed by atoms with Crippen LogP contribution in [-0.4, -0.2) is 42.1 Å². The Morgan fingerprint density at radius 1 is 1.26 bits per heavy atom. The quantitative estimate of drug-likeness (QED) is 0.774. The molecule has 2 N–H and O–H groups in total. The minimum absolute atomic E-state index is 0.00520. The number of likely N-dealkylation sites (N-methyl/N-ethyl adjacent to an activating group) is 2. The molecule has 0 aliphatic rings. The van der Waals surface area contributed by atoms with E-state index in [1.807, 2.05) is 38.7 Å². The first-order chi connectivity index (χ1) is 9.10. The summed E-state index contributed by atoms with van der Waals surface area (Å²) in [6.07, 6.45) is 0. The monoisotopic (exact) mass is 265 g/mol. The van der Waals surface area contributed by atoms with Gasteiger partial charge in [-0.1, -0.05) is 0 Å². The lowest BCUT2D eigenvalue weighted by molar-refractivity contribution is -0.119. The molecule has 1 aromatic heterocycles. The van der Waals surface area contributed by atoms with E-state index in [2.05, 4.69) is 20.6 Å². The molecule has 0 atom stereocenters. The highest BCUT2D eigenvalue weighted by Gasteiger charge is 2.12. The highest BCUT2D eigenvalue weighted by Crippen LogP contribution is 2.14. The zero-order valence-corrected chi connectivity index (χ0v) is 12.2. The van der Waals surface area contributed by atoms with E-state index in [1.54, 1.807) is 0 Å². The number of rotatable bonds is 7. The Morgan fingerprint density at radius 3 is 2.58 bits per heavy atom. The zero-order chi connectivity index (χ0) is 14.3. The first-order valence-electron chi connectivity index (χ1n) is 6.71. The van der Waals surface area contributed by atoms with Crippen LogP contribution in [0.4, 0.5) is 11.8 Å². The molecule has 0 radical (unpaired) electrons. The van der Waals surface area contributed by atoms with Gasteiger partial charge >= 0.3 is 0 Å². The molecule has 6 nitrogen and oxygen atoms in total. The van der Waals surface area contributed by atoms with Gasteiger partial charge in [-0.15, -0.1) is 0 Å². The molecule has 0 spiro atoms. The van der Waals surface area contributed by atoms with Gasteiger partial charge in [0.15, 0.2) is 0 Å². The lowest BCUT2D eigenvalue weighted by atomic mass is 10.3. The fourth-order valence-electron chi connectivity index (χ4n) is 1.73. The minimum Gasteiger partial charge on any atom is -0.355 e. The molecule has 0 saturated carbocycles. The zero-order valence-electron chi connectivity index (χ0n) is 12.2. The van der Waals surface area contributed by atoms with E-state index in [1.165, 1.54) is 0 Å². The standard InChI is InChI=1S/C13H23N5O/c1-5-14-12(19)9-18(7-3)11-8-10(4)16-13(17-11)15-6-2/h8H,5-7,9H2,1-4H3,(H,14,19)(H,15,16,17). The van der Waals surface area contributed by atoms with Gasteiger partial charge in [-0.25, -0.2) is 4.98 Å². The third-order valence-corrected chi connectivity index (χ3v) is 2.59. The summed E-state index contributed by atoms with van der Waals surface area (Å²) in [4.78, 5) is 22.3. The number of amides is 1. The summed E-state index contributed by atoms with van der Waals surface area (Å²) in [5.41, 5.74) is 0.885. The van der Waals surface area contributed by atoms with Crippen molar-refractivity contribution >= 4 is 17.7 Å². The molecule has 1 heterocycles. The van der Waals surface area contributed by atoms with E-state index < -0.39 is 0 Å². The molecule has 0 aliphatic carbocycles. The fourth-order valence-corrected chi connectivity index (χ4v) is 1.73. The van der Waals surface area contributed by atoms with Crippen LogP contribution in [0.2, 0.25) is 0 Å². The van der Waals surface area contributed by atoms with Crippen molar-refractivity contribution in [3.05, 3.63) is 11.8 Å². The largest absolute Gasteiger partial charge is 0.355 e. The van der Waals surface area contributed by atoms with Crippen LogP contribution >= 0.6 is 0 Å². The van der Waals surface area contributed by atoms with Crippen LogP contribution in [0.25, 0.3) is 0 Å². The van der Waals surface area contributed by atoms with Crippen LogP contribution in [0.15, 0.2) is 6.07 Å². The molecule has 19 heavy (non-hydrogen) atoms. The van der Waals surface area contributed by atoms with Crippen molar-refractivity contribution in [1.29, 1.82) is 0 Å². The van der Waals surface area contributed by atoms with Crippen molar-refractivity contribution in [2.75, 3.05) is 36.4 Å². The third kappa shape index (κ3) is 4.73. The number of nitrogens with zero attached hydrogens (tertiary/aromatic N) is 3. The average molecular weight is 265 g/mol. The summed E-state index contributed by atoms with van der Waals surface area (Å²) in [6, 6.07) is 1.89. The Labute approximate surface area is 114 Å². The lowest BCUT2D eigenvalue weighted by Gasteiger charge is -2.22. The Hall–Kier alpha value is -1.85. The number of nitrogens with one attached hydrogen (secondary N) is 2. The van der Waals surface area contributed by atoms with Crippen molar-refractivity contribution in [3.63, 3.8) is 0 Å². The number of hydrogen-bond acceptors (Lipinski definition) is 5. The van der Waals surface area contributed by atoms with Crippen LogP contribution in [0.5, 0.6) is 0 Å². The summed E-state index contributed by atoms with van der Waals surface area (Å²) in [5.74, 6) is 1.38. The average Bonchev–Trinajstić information content (AvgIpc) is 2.36. The van der Waals surface area contributed by atoms with Crippen molar-refractivity contribution in [3.8, 4) is 0 Å². The minimum atomic E-state index is 0.00520. The van der Waals surface area contributed by atoms with Gasteiger partial charge in [-0.3, -0.25) is 4.79 Å². The molecule has 0 bridgehead atoms. The second-order valence-corrected chi connectivity index (χ2v) is 4.19. The normalized spacial score (nSPS) is 10.1. The van der Waals surface area contributed by atoms with Gasteiger partial charge < -0.3 is 15.5 Å². The van der Waals surface area contributed by atoms with Crippen LogP contribution in [0.3, 0.4) is 0 Å². The van der Waals surface area contributed by atoms with Gasteiger partial charge in [-0.05, 0) is 27.7 Å². The van der Waals surface area contributed by atoms with Gasteiger partial charge in [0.1, 0.15) is 5.82 Å². The maximum Gasteiger partial charge on any atom is 0.239 e. The van der Waals surface area contributed by atoms with E-state index in [-0.39, 0.29) is 5.91 Å². The highest BCUT2D eigenvalue weighted by molar-refractivity contribution is 5.81. The maximum absolute atomic E-state index is 11.7. The van der Waals surface area contributed by atoms with Crippen molar-refractivity contribution in [2.24, 2.45) is 0 Å². The van der Waals surface area contributed by atoms with Gasteiger partial charge in [0.25, 0.3) is 0 Å². The number of aryl methyl sites for hydroxylation is 1. The van der Waals surface area contributed by atoms with E-state index >= 15 is 0 Å². The number of aromatic nitrogens is 2. The number of hydrogen-bond donors (Lipinski definition) is 2. The summed E-state index contributed by atoms with van der Waals surface area (Å²) < 4.78 is 0. The predicted molar refractivity (Wildman–Crippen MR) is 77.5 cm³/mol. The molecule has 0 fully saturated rings. The molecule has 1 amide bonds. The molecular formula is C13H23N5O. The second-order valence-electron chi connectivity index (χ2n) is 4.19. The number of carbonyl (C=O) groups excluding carboxylic acids is 1. The smallest absolute Gasteiger partial charge is 0.239 e. The van der Waals surface area contributed by atoms with Gasteiger partial charge in [0.2, 0.25) is 11.9 Å². The topological polar surface area (TPSA) is 70.2 Å². The van der Waals surface area contributed by atoms with Gasteiger partial charge in [0, 0.05) is 31.4 Å². The lowest BCUT2D eigenvalue weighted by Crippen LogP contribution is -2.37. The molecule has 0 saturated heterocycles. The number of carbonyl (C=O) groups is 1. The summed E-state index contributed by atoms with van der Waals surface area (Å²) in [5, 5.41) is 5.89. The Kier molecular flexibility index (Phi) is 6.05. The SMILES string of the molecule is CCNC(=O)CN(CC)c1cc(C)nc(NCC)n1. The molecule has 1 rings (SSSR count). The molecule has 6 heteroatoms. The van der Waals surface area contributed by atoms with Gasteiger partial charge in [0.05, 0.1) is 6.54 Å². The van der Waals surface area contributed by atoms with E-state index in [4.69, 9.17) is 0 Å². The Morgan fingerprint density at radius 2 is 2.00 bits per heavy atom. The molecule has 0 aliphatic heterocycles. The van der Waals surface area contributed by atoms with Crippen LogP contribution in [0.1, 0.15) is 26.5 Å².